The third-order valence-corrected chi connectivity index (χ3v) is 6.11. The predicted octanol–water partition coefficient (Wildman–Crippen LogP) is 3.52. The Morgan fingerprint density at radius 1 is 1.14 bits per heavy atom. The van der Waals surface area contributed by atoms with Crippen LogP contribution < -0.4 is 9.64 Å². The second-order valence-corrected chi connectivity index (χ2v) is 7.91. The topological polar surface area (TPSA) is 65.6 Å². The minimum Gasteiger partial charge on any atom is -0.497 e. The lowest BCUT2D eigenvalue weighted by atomic mass is 10.0. The monoisotopic (exact) mass is 409 g/mol. The number of rotatable bonds is 3. The van der Waals surface area contributed by atoms with E-state index < -0.39 is 6.04 Å². The molecule has 0 radical (unpaired) electrons. The molecule has 2 aliphatic rings. The first kappa shape index (κ1) is 18.2. The van der Waals surface area contributed by atoms with E-state index in [-0.39, 0.29) is 18.2 Å². The number of halogens is 1. The lowest BCUT2D eigenvalue weighted by Gasteiger charge is -2.30. The van der Waals surface area contributed by atoms with Gasteiger partial charge < -0.3 is 9.72 Å². The van der Waals surface area contributed by atoms with Crippen LogP contribution in [0.2, 0.25) is 5.02 Å². The fourth-order valence-corrected chi connectivity index (χ4v) is 4.52. The van der Waals surface area contributed by atoms with Gasteiger partial charge >= 0.3 is 0 Å². The molecule has 29 heavy (non-hydrogen) atoms. The fraction of sp³-hybridized carbons (Fsp3) is 0.273. The van der Waals surface area contributed by atoms with E-state index in [9.17, 15) is 9.59 Å². The summed E-state index contributed by atoms with van der Waals surface area (Å²) in [6, 6.07) is 12.4. The van der Waals surface area contributed by atoms with E-state index in [1.54, 1.807) is 31.4 Å². The highest BCUT2D eigenvalue weighted by atomic mass is 35.5. The first-order valence-electron chi connectivity index (χ1n) is 9.59. The highest BCUT2D eigenvalue weighted by Crippen LogP contribution is 2.33. The van der Waals surface area contributed by atoms with Gasteiger partial charge in [-0.15, -0.1) is 0 Å². The molecule has 2 amide bonds. The summed E-state index contributed by atoms with van der Waals surface area (Å²) in [6.07, 6.45) is 1.02. The summed E-state index contributed by atoms with van der Waals surface area (Å²) < 4.78 is 5.35. The molecular formula is C22H20ClN3O3. The number of hydrogen-bond acceptors (Lipinski definition) is 4. The molecule has 6 nitrogen and oxygen atoms in total. The van der Waals surface area contributed by atoms with Gasteiger partial charge in [-0.25, -0.2) is 4.90 Å². The van der Waals surface area contributed by atoms with Crippen LogP contribution in [0.1, 0.15) is 17.7 Å². The van der Waals surface area contributed by atoms with Gasteiger partial charge in [-0.1, -0.05) is 11.6 Å². The number of fused-ring (bicyclic) bond motifs is 3. The summed E-state index contributed by atoms with van der Waals surface area (Å²) in [5.74, 6) is 0.491. The Morgan fingerprint density at radius 2 is 1.93 bits per heavy atom. The Kier molecular flexibility index (Phi) is 4.33. The molecule has 3 heterocycles. The molecule has 1 atom stereocenters. The molecule has 0 aliphatic carbocycles. The summed E-state index contributed by atoms with van der Waals surface area (Å²) in [5.41, 5.74) is 4.00. The quantitative estimate of drug-likeness (QED) is 0.672. The van der Waals surface area contributed by atoms with Crippen molar-refractivity contribution in [2.75, 3.05) is 18.6 Å². The van der Waals surface area contributed by atoms with Gasteiger partial charge in [-0.2, -0.15) is 0 Å². The van der Waals surface area contributed by atoms with Gasteiger partial charge in [0.1, 0.15) is 5.75 Å². The van der Waals surface area contributed by atoms with Crippen molar-refractivity contribution in [2.45, 2.75) is 25.4 Å². The number of H-pyrrole nitrogens is 1. The van der Waals surface area contributed by atoms with Gasteiger partial charge in [0.2, 0.25) is 5.91 Å². The Labute approximate surface area is 173 Å². The zero-order chi connectivity index (χ0) is 20.1. The lowest BCUT2D eigenvalue weighted by molar-refractivity contribution is -0.123. The summed E-state index contributed by atoms with van der Waals surface area (Å²) in [5, 5.41) is 1.74. The van der Waals surface area contributed by atoms with E-state index in [2.05, 4.69) is 9.88 Å². The van der Waals surface area contributed by atoms with E-state index in [0.717, 1.165) is 35.3 Å². The van der Waals surface area contributed by atoms with Crippen molar-refractivity contribution in [3.05, 3.63) is 58.7 Å². The van der Waals surface area contributed by atoms with Crippen LogP contribution in [0, 0.1) is 0 Å². The maximum absolute atomic E-state index is 13.1. The molecule has 1 fully saturated rings. The molecule has 3 aromatic rings. The van der Waals surface area contributed by atoms with Crippen molar-refractivity contribution in [1.82, 2.24) is 9.88 Å². The third kappa shape index (κ3) is 2.99. The molecule has 0 bridgehead atoms. The number of methoxy groups -OCH3 is 1. The molecule has 1 N–H and O–H groups in total. The number of hydrogen-bond donors (Lipinski definition) is 1. The second kappa shape index (κ2) is 6.90. The summed E-state index contributed by atoms with van der Waals surface area (Å²) in [4.78, 5) is 32.5. The van der Waals surface area contributed by atoms with E-state index in [1.807, 2.05) is 18.2 Å². The highest BCUT2D eigenvalue weighted by Gasteiger charge is 2.43. The van der Waals surface area contributed by atoms with Crippen LogP contribution in [-0.2, 0) is 22.6 Å². The number of nitrogens with zero attached hydrogens (tertiary/aromatic N) is 2. The van der Waals surface area contributed by atoms with Crippen LogP contribution in [0.4, 0.5) is 5.69 Å². The first-order valence-corrected chi connectivity index (χ1v) is 9.97. The average Bonchev–Trinajstić information content (AvgIpc) is 3.24. The van der Waals surface area contributed by atoms with E-state index in [4.69, 9.17) is 16.3 Å². The van der Waals surface area contributed by atoms with Crippen LogP contribution in [0.25, 0.3) is 10.9 Å². The third-order valence-electron chi connectivity index (χ3n) is 5.86. The largest absolute Gasteiger partial charge is 0.497 e. The van der Waals surface area contributed by atoms with Gasteiger partial charge in [-0.3, -0.25) is 14.5 Å². The predicted molar refractivity (Wildman–Crippen MR) is 111 cm³/mol. The molecular weight excluding hydrogens is 390 g/mol. The first-order chi connectivity index (χ1) is 14.0. The number of carbonyl (C=O) groups excluding carboxylic acids is 2. The maximum atomic E-state index is 13.1. The number of carbonyl (C=O) groups is 2. The SMILES string of the molecule is COc1ccc2[nH]c3c(c2c1)CCN([C@@H]1CC(=O)N(c2ccc(Cl)cc2)C1=O)C3. The number of nitrogens with one attached hydrogen (secondary N) is 1. The normalized spacial score (nSPS) is 19.8. The number of imide groups is 1. The number of aromatic nitrogens is 1. The van der Waals surface area contributed by atoms with Crippen molar-refractivity contribution < 1.29 is 14.3 Å². The fourth-order valence-electron chi connectivity index (χ4n) is 4.40. The standard InChI is InChI=1S/C22H20ClN3O3/c1-29-15-6-7-18-17(10-15)16-8-9-25(12-19(16)24-18)20-11-21(27)26(22(20)28)14-4-2-13(23)3-5-14/h2-7,10,20,24H,8-9,11-12H2,1H3/t20-/m1/s1. The number of aromatic amines is 1. The van der Waals surface area contributed by atoms with Crippen LogP contribution in [0.3, 0.4) is 0 Å². The number of amides is 2. The van der Waals surface area contributed by atoms with Crippen LogP contribution in [-0.4, -0.2) is 41.4 Å². The molecule has 1 aromatic heterocycles. The van der Waals surface area contributed by atoms with Crippen molar-refractivity contribution >= 4 is 40.0 Å². The molecule has 2 aliphatic heterocycles. The summed E-state index contributed by atoms with van der Waals surface area (Å²) in [7, 11) is 1.66. The molecule has 0 unspecified atom stereocenters. The molecule has 0 spiro atoms. The molecule has 1 saturated heterocycles. The zero-order valence-corrected chi connectivity index (χ0v) is 16.7. The Morgan fingerprint density at radius 3 is 2.69 bits per heavy atom. The summed E-state index contributed by atoms with van der Waals surface area (Å²) >= 11 is 5.93. The molecule has 7 heteroatoms. The molecule has 148 valence electrons. The maximum Gasteiger partial charge on any atom is 0.251 e. The van der Waals surface area contributed by atoms with Gasteiger partial charge in [-0.05, 0) is 54.4 Å². The van der Waals surface area contributed by atoms with Crippen molar-refractivity contribution in [1.29, 1.82) is 0 Å². The van der Waals surface area contributed by atoms with Crippen LogP contribution >= 0.6 is 11.6 Å². The van der Waals surface area contributed by atoms with Gasteiger partial charge in [0.05, 0.1) is 25.3 Å². The van der Waals surface area contributed by atoms with E-state index in [0.29, 0.717) is 17.3 Å². The molecule has 2 aromatic carbocycles. The van der Waals surface area contributed by atoms with Crippen LogP contribution in [0.15, 0.2) is 42.5 Å². The highest BCUT2D eigenvalue weighted by molar-refractivity contribution is 6.30. The smallest absolute Gasteiger partial charge is 0.251 e. The second-order valence-electron chi connectivity index (χ2n) is 7.48. The minimum atomic E-state index is -0.438. The van der Waals surface area contributed by atoms with E-state index in [1.165, 1.54) is 10.5 Å². The summed E-state index contributed by atoms with van der Waals surface area (Å²) in [6.45, 7) is 1.35. The van der Waals surface area contributed by atoms with Crippen molar-refractivity contribution in [3.8, 4) is 5.75 Å². The van der Waals surface area contributed by atoms with Crippen molar-refractivity contribution in [3.63, 3.8) is 0 Å². The zero-order valence-electron chi connectivity index (χ0n) is 15.9. The molecule has 0 saturated carbocycles. The average molecular weight is 410 g/mol. The number of ether oxygens (including phenoxy) is 1. The number of benzene rings is 2. The lowest BCUT2D eigenvalue weighted by Crippen LogP contribution is -2.44. The minimum absolute atomic E-state index is 0.168. The van der Waals surface area contributed by atoms with Crippen LogP contribution in [0.5, 0.6) is 5.75 Å². The van der Waals surface area contributed by atoms with Gasteiger partial charge in [0.15, 0.2) is 0 Å². The Bertz CT molecular complexity index is 1120. The Balaban J connectivity index is 1.41. The molecule has 5 rings (SSSR count). The van der Waals surface area contributed by atoms with Gasteiger partial charge in [0, 0.05) is 34.7 Å². The van der Waals surface area contributed by atoms with Crippen molar-refractivity contribution in [2.24, 2.45) is 0 Å². The number of anilines is 1. The Hall–Kier alpha value is -2.83. The van der Waals surface area contributed by atoms with Gasteiger partial charge in [0.25, 0.3) is 5.91 Å². The van der Waals surface area contributed by atoms with E-state index >= 15 is 0 Å².